The predicted molar refractivity (Wildman–Crippen MR) is 304 cm³/mol. The van der Waals surface area contributed by atoms with E-state index in [9.17, 15) is 24.0 Å². The van der Waals surface area contributed by atoms with Gasteiger partial charge in [0.15, 0.2) is 11.6 Å². The first kappa shape index (κ1) is 59.5. The molecule has 3 atom stereocenters. The van der Waals surface area contributed by atoms with E-state index in [4.69, 9.17) is 24.7 Å². The van der Waals surface area contributed by atoms with Crippen molar-refractivity contribution in [1.82, 2.24) is 10.6 Å². The number of ketones is 2. The zero-order chi connectivity index (χ0) is 54.5. The van der Waals surface area contributed by atoms with Gasteiger partial charge in [0, 0.05) is 49.1 Å². The van der Waals surface area contributed by atoms with Crippen molar-refractivity contribution in [3.63, 3.8) is 0 Å². The zero-order valence-electron chi connectivity index (χ0n) is 45.7. The molecule has 0 radical (unpaired) electrons. The number of nitrogens with zero attached hydrogens (tertiary/aromatic N) is 1. The third kappa shape index (κ3) is 19.7. The number of aliphatic imine (C=N–C) groups is 1. The van der Waals surface area contributed by atoms with Crippen LogP contribution >= 0.6 is 7.92 Å². The summed E-state index contributed by atoms with van der Waals surface area (Å²) in [7, 11) is -0.296. The number of unbranched alkanes of at least 4 members (excludes halogenated alkanes) is 1. The standard InChI is InChI=1S/C61H81N4O9P/c1-41(2)32-35-71-53-30-28-44-22-13-15-25-48(44)56(53)57-49-26-16-14-23-45(49)29-31-54(57)72-39-47(66)36-46(24-17-18-33-64-60(70)74-61(5,6)7)58(68)65-51(27-19-34-63-55(62)40-75(8)9)52(67)37-50(42(3)4)59(69)73-38-43-20-11-10-12-21-43/h10-16,20-23,25-26,28-31,41-42,46,50-51H,17-19,24,27,32-40H2,1-9H3,(H2,62,63)(H,64,70)(H,65,68)/t46-,50-,51+/m0/s1. The fourth-order valence-corrected chi connectivity index (χ4v) is 9.53. The molecule has 0 bridgehead atoms. The topological polar surface area (TPSA) is 185 Å². The molecule has 0 aromatic heterocycles. The molecule has 0 spiro atoms. The molecule has 0 saturated carbocycles. The van der Waals surface area contributed by atoms with E-state index in [-0.39, 0.29) is 64.3 Å². The van der Waals surface area contributed by atoms with Crippen LogP contribution in [-0.2, 0) is 35.3 Å². The number of benzene rings is 5. The number of amidine groups is 1. The minimum atomic E-state index is -0.980. The highest BCUT2D eigenvalue weighted by Gasteiger charge is 2.33. The molecule has 0 saturated heterocycles. The summed E-state index contributed by atoms with van der Waals surface area (Å²) in [5.74, 6) is -1.24. The number of Topliss-reactive ketones (excluding diaryl/α,β-unsaturated/α-hetero) is 2. The Hall–Kier alpha value is -6.33. The number of ether oxygens (including phenoxy) is 4. The van der Waals surface area contributed by atoms with Crippen LogP contribution in [0.25, 0.3) is 32.7 Å². The molecule has 75 heavy (non-hydrogen) atoms. The molecule has 5 aromatic carbocycles. The van der Waals surface area contributed by atoms with Crippen LogP contribution in [0.5, 0.6) is 11.5 Å². The number of esters is 1. The highest BCUT2D eigenvalue weighted by molar-refractivity contribution is 7.57. The smallest absolute Gasteiger partial charge is 0.407 e. The number of amides is 2. The van der Waals surface area contributed by atoms with E-state index in [1.807, 2.05) is 98.8 Å². The van der Waals surface area contributed by atoms with Crippen LogP contribution in [0.3, 0.4) is 0 Å². The second-order valence-electron chi connectivity index (χ2n) is 21.4. The maximum absolute atomic E-state index is 14.7. The summed E-state index contributed by atoms with van der Waals surface area (Å²) in [5, 5.41) is 9.72. The van der Waals surface area contributed by atoms with Crippen molar-refractivity contribution in [2.45, 2.75) is 118 Å². The van der Waals surface area contributed by atoms with E-state index < -0.39 is 41.4 Å². The molecule has 2 amide bonds. The summed E-state index contributed by atoms with van der Waals surface area (Å²) in [5.41, 5.74) is 8.03. The molecule has 0 aliphatic carbocycles. The second kappa shape index (κ2) is 29.7. The van der Waals surface area contributed by atoms with Gasteiger partial charge in [-0.3, -0.25) is 24.2 Å². The lowest BCUT2D eigenvalue weighted by Gasteiger charge is -2.25. The van der Waals surface area contributed by atoms with Crippen LogP contribution in [0.4, 0.5) is 4.79 Å². The van der Waals surface area contributed by atoms with Crippen molar-refractivity contribution >= 4 is 64.8 Å². The zero-order valence-corrected chi connectivity index (χ0v) is 46.6. The lowest BCUT2D eigenvalue weighted by atomic mass is 9.87. The van der Waals surface area contributed by atoms with Crippen LogP contribution in [0.1, 0.15) is 105 Å². The van der Waals surface area contributed by atoms with Gasteiger partial charge < -0.3 is 35.3 Å². The Morgan fingerprint density at radius 1 is 0.707 bits per heavy atom. The number of carbonyl (C=O) groups is 5. The van der Waals surface area contributed by atoms with Gasteiger partial charge in [-0.25, -0.2) is 4.79 Å². The molecule has 0 fully saturated rings. The normalized spacial score (nSPS) is 13.1. The Labute approximate surface area is 446 Å². The number of rotatable bonds is 30. The van der Waals surface area contributed by atoms with Gasteiger partial charge in [-0.15, -0.1) is 7.92 Å². The number of nitrogens with one attached hydrogen (secondary N) is 2. The second-order valence-corrected chi connectivity index (χ2v) is 23.9. The molecule has 5 rings (SSSR count). The van der Waals surface area contributed by atoms with Crippen molar-refractivity contribution in [2.24, 2.45) is 34.4 Å². The summed E-state index contributed by atoms with van der Waals surface area (Å²) >= 11 is 0. The fourth-order valence-electron chi connectivity index (χ4n) is 8.78. The first-order valence-electron chi connectivity index (χ1n) is 26.5. The van der Waals surface area contributed by atoms with E-state index in [1.54, 1.807) is 20.8 Å². The highest BCUT2D eigenvalue weighted by Crippen LogP contribution is 2.45. The Kier molecular flexibility index (Phi) is 23.6. The monoisotopic (exact) mass is 1040 g/mol. The summed E-state index contributed by atoms with van der Waals surface area (Å²) in [6.07, 6.45) is 2.63. The van der Waals surface area contributed by atoms with Crippen molar-refractivity contribution in [3.05, 3.63) is 109 Å². The first-order chi connectivity index (χ1) is 35.8. The largest absolute Gasteiger partial charge is 0.493 e. The molecule has 0 heterocycles. The lowest BCUT2D eigenvalue weighted by Crippen LogP contribution is -2.45. The Bertz CT molecular complexity index is 2700. The van der Waals surface area contributed by atoms with Crippen molar-refractivity contribution < 1.29 is 42.9 Å². The molecule has 0 aliphatic heterocycles. The molecule has 5 aromatic rings. The molecule has 0 unspecified atom stereocenters. The fraction of sp³-hybridized carbons (Fsp3) is 0.475. The van der Waals surface area contributed by atoms with Crippen LogP contribution in [0.15, 0.2) is 108 Å². The highest BCUT2D eigenvalue weighted by atomic mass is 31.1. The van der Waals surface area contributed by atoms with Gasteiger partial charge >= 0.3 is 12.1 Å². The van der Waals surface area contributed by atoms with E-state index in [2.05, 4.69) is 61.0 Å². The number of hydrogen-bond donors (Lipinski definition) is 3. The van der Waals surface area contributed by atoms with Gasteiger partial charge in [-0.1, -0.05) is 125 Å². The van der Waals surface area contributed by atoms with Gasteiger partial charge in [-0.05, 0) is 117 Å². The maximum Gasteiger partial charge on any atom is 0.407 e. The van der Waals surface area contributed by atoms with Gasteiger partial charge in [0.25, 0.3) is 0 Å². The Morgan fingerprint density at radius 3 is 1.92 bits per heavy atom. The van der Waals surface area contributed by atoms with Crippen LogP contribution in [0.2, 0.25) is 0 Å². The summed E-state index contributed by atoms with van der Waals surface area (Å²) in [6.45, 7) is 18.6. The van der Waals surface area contributed by atoms with Crippen molar-refractivity contribution in [2.75, 3.05) is 45.8 Å². The summed E-state index contributed by atoms with van der Waals surface area (Å²) < 4.78 is 24.2. The van der Waals surface area contributed by atoms with Gasteiger partial charge in [0.1, 0.15) is 30.3 Å². The number of fused-ring (bicyclic) bond motifs is 2. The maximum atomic E-state index is 14.7. The minimum Gasteiger partial charge on any atom is -0.493 e. The Morgan fingerprint density at radius 2 is 1.32 bits per heavy atom. The minimum absolute atomic E-state index is 0.0698. The third-order valence-electron chi connectivity index (χ3n) is 12.8. The van der Waals surface area contributed by atoms with Crippen LogP contribution in [-0.4, -0.2) is 92.8 Å². The third-order valence-corrected chi connectivity index (χ3v) is 13.7. The lowest BCUT2D eigenvalue weighted by molar-refractivity contribution is -0.153. The molecular weight excluding hydrogens is 964 g/mol. The molecule has 4 N–H and O–H groups in total. The number of carbonyl (C=O) groups excluding carboxylic acids is 5. The van der Waals surface area contributed by atoms with E-state index >= 15 is 0 Å². The van der Waals surface area contributed by atoms with E-state index in [1.165, 1.54) is 0 Å². The molecule has 404 valence electrons. The molecule has 0 aliphatic rings. The Balaban J connectivity index is 1.41. The van der Waals surface area contributed by atoms with E-state index in [0.29, 0.717) is 68.4 Å². The average molecular weight is 1050 g/mol. The molecular formula is C61H81N4O9P. The summed E-state index contributed by atoms with van der Waals surface area (Å²) in [6, 6.07) is 32.4. The van der Waals surface area contributed by atoms with Crippen molar-refractivity contribution in [3.8, 4) is 22.6 Å². The molecule has 14 heteroatoms. The molecule has 13 nitrogen and oxygen atoms in total. The van der Waals surface area contributed by atoms with Crippen LogP contribution in [0, 0.1) is 23.7 Å². The first-order valence-corrected chi connectivity index (χ1v) is 29.0. The predicted octanol–water partition coefficient (Wildman–Crippen LogP) is 12.1. The number of nitrogens with two attached hydrogens (primary N) is 1. The van der Waals surface area contributed by atoms with Crippen molar-refractivity contribution in [1.29, 1.82) is 0 Å². The van der Waals surface area contributed by atoms with Gasteiger partial charge in [0.2, 0.25) is 5.91 Å². The van der Waals surface area contributed by atoms with Crippen LogP contribution < -0.4 is 25.8 Å². The van der Waals surface area contributed by atoms with E-state index in [0.717, 1.165) is 44.7 Å². The average Bonchev–Trinajstić information content (AvgIpc) is 3.36. The van der Waals surface area contributed by atoms with Gasteiger partial charge in [0.05, 0.1) is 24.4 Å². The number of hydrogen-bond acceptors (Lipinski definition) is 10. The quantitative estimate of drug-likeness (QED) is 0.0131. The number of alkyl carbamates (subject to hydrolysis) is 1. The van der Waals surface area contributed by atoms with Gasteiger partial charge in [-0.2, -0.15) is 0 Å². The summed E-state index contributed by atoms with van der Waals surface area (Å²) in [4.78, 5) is 73.9. The SMILES string of the molecule is CC(C)CCOc1ccc2ccccc2c1-c1c(OCC(=O)C[C@H](CCCCNC(=O)OC(C)(C)C)C(=O)N[C@H](CCCN=C(N)CP(C)C)C(=O)C[C@H](C(=O)OCc2ccccc2)C(C)C)ccc2ccccc12.